The molecular weight excluding hydrogens is 200 g/mol. The van der Waals surface area contributed by atoms with Gasteiger partial charge in [0.1, 0.15) is 5.82 Å². The maximum absolute atomic E-state index is 4.74. The lowest BCUT2D eigenvalue weighted by molar-refractivity contribution is 0.442. The van der Waals surface area contributed by atoms with Crippen LogP contribution in [0.15, 0.2) is 6.07 Å². The highest BCUT2D eigenvalue weighted by Gasteiger charge is 2.22. The molecule has 1 fully saturated rings. The fourth-order valence-corrected chi connectivity index (χ4v) is 2.68. The molecule has 1 atom stereocenters. The van der Waals surface area contributed by atoms with Gasteiger partial charge in [-0.15, -0.1) is 0 Å². The van der Waals surface area contributed by atoms with E-state index in [1.807, 2.05) is 0 Å². The highest BCUT2D eigenvalue weighted by atomic mass is 15.3. The minimum Gasteiger partial charge on any atom is -0.368 e. The van der Waals surface area contributed by atoms with Crippen LogP contribution in [0.5, 0.6) is 0 Å². The first-order chi connectivity index (χ1) is 7.83. The zero-order valence-corrected chi connectivity index (χ0v) is 9.87. The van der Waals surface area contributed by atoms with Crippen molar-refractivity contribution in [1.82, 2.24) is 15.1 Å². The normalized spacial score (nSPS) is 26.2. The molecule has 2 N–H and O–H groups in total. The second kappa shape index (κ2) is 4.09. The average Bonchev–Trinajstić information content (AvgIpc) is 2.73. The molecule has 0 aromatic carbocycles. The summed E-state index contributed by atoms with van der Waals surface area (Å²) in [6.45, 7) is 5.57. The maximum Gasteiger partial charge on any atom is 0.124 e. The number of aryl methyl sites for hydroxylation is 1. The third-order valence-corrected chi connectivity index (χ3v) is 3.72. The quantitative estimate of drug-likeness (QED) is 0.754. The number of rotatable bonds is 1. The molecule has 2 aliphatic rings. The first kappa shape index (κ1) is 10.1. The Hall–Kier alpha value is -1.03. The molecule has 1 saturated heterocycles. The first-order valence-electron chi connectivity index (χ1n) is 6.38. The van der Waals surface area contributed by atoms with Gasteiger partial charge in [0.2, 0.25) is 0 Å². The third kappa shape index (κ3) is 1.82. The lowest BCUT2D eigenvalue weighted by Crippen LogP contribution is -2.27. The van der Waals surface area contributed by atoms with E-state index in [-0.39, 0.29) is 0 Å². The fourth-order valence-electron chi connectivity index (χ4n) is 2.68. The van der Waals surface area contributed by atoms with Crippen LogP contribution in [0.25, 0.3) is 0 Å². The molecule has 1 aromatic heterocycles. The third-order valence-electron chi connectivity index (χ3n) is 3.72. The number of fused-ring (bicyclic) bond motifs is 1. The molecule has 1 unspecified atom stereocenters. The Morgan fingerprint density at radius 2 is 2.12 bits per heavy atom. The van der Waals surface area contributed by atoms with Crippen molar-refractivity contribution in [3.05, 3.63) is 11.8 Å². The van der Waals surface area contributed by atoms with Crippen molar-refractivity contribution in [2.75, 3.05) is 18.4 Å². The summed E-state index contributed by atoms with van der Waals surface area (Å²) in [7, 11) is 0. The molecule has 16 heavy (non-hydrogen) atoms. The highest BCUT2D eigenvalue weighted by Crippen LogP contribution is 2.28. The number of hydrogen-bond acceptors (Lipinski definition) is 3. The second-order valence-electron chi connectivity index (χ2n) is 5.04. The fraction of sp³-hybridized carbons (Fsp3) is 0.750. The molecule has 1 aromatic rings. The lowest BCUT2D eigenvalue weighted by atomic mass is 9.95. The summed E-state index contributed by atoms with van der Waals surface area (Å²) in [6, 6.07) is 2.84. The van der Waals surface area contributed by atoms with E-state index in [9.17, 15) is 0 Å². The zero-order chi connectivity index (χ0) is 11.0. The molecular formula is C12H20N4. The molecule has 0 radical (unpaired) electrons. The van der Waals surface area contributed by atoms with Crippen LogP contribution in [0.3, 0.4) is 0 Å². The molecule has 3 heterocycles. The summed E-state index contributed by atoms with van der Waals surface area (Å²) < 4.78 is 2.14. The van der Waals surface area contributed by atoms with E-state index < -0.39 is 0 Å². The molecule has 88 valence electrons. The smallest absolute Gasteiger partial charge is 0.124 e. The van der Waals surface area contributed by atoms with E-state index in [4.69, 9.17) is 5.10 Å². The van der Waals surface area contributed by atoms with Crippen molar-refractivity contribution >= 4 is 5.82 Å². The Balaban J connectivity index is 1.80. The van der Waals surface area contributed by atoms with E-state index in [1.165, 1.54) is 30.8 Å². The minimum absolute atomic E-state index is 0.588. The molecule has 3 rings (SSSR count). The Kier molecular flexibility index (Phi) is 2.59. The molecule has 2 aliphatic heterocycles. The van der Waals surface area contributed by atoms with Gasteiger partial charge in [0.15, 0.2) is 0 Å². The predicted molar refractivity (Wildman–Crippen MR) is 64.8 cm³/mol. The van der Waals surface area contributed by atoms with Gasteiger partial charge in [0.05, 0.1) is 5.69 Å². The molecule has 4 heteroatoms. The Morgan fingerprint density at radius 1 is 1.31 bits per heavy atom. The summed E-state index contributed by atoms with van der Waals surface area (Å²) >= 11 is 0. The van der Waals surface area contributed by atoms with E-state index in [0.29, 0.717) is 12.0 Å². The van der Waals surface area contributed by atoms with Gasteiger partial charge in [-0.1, -0.05) is 0 Å². The summed E-state index contributed by atoms with van der Waals surface area (Å²) in [4.78, 5) is 0. The Morgan fingerprint density at radius 3 is 2.94 bits per heavy atom. The van der Waals surface area contributed by atoms with E-state index in [1.54, 1.807) is 0 Å². The molecule has 0 bridgehead atoms. The second-order valence-corrected chi connectivity index (χ2v) is 5.04. The molecule has 0 spiro atoms. The summed E-state index contributed by atoms with van der Waals surface area (Å²) in [5, 5.41) is 11.6. The average molecular weight is 220 g/mol. The zero-order valence-electron chi connectivity index (χ0n) is 9.87. The van der Waals surface area contributed by atoms with E-state index in [2.05, 4.69) is 28.3 Å². The molecule has 0 aliphatic carbocycles. The summed E-state index contributed by atoms with van der Waals surface area (Å²) in [5.74, 6) is 1.88. The highest BCUT2D eigenvalue weighted by molar-refractivity contribution is 5.40. The van der Waals surface area contributed by atoms with Gasteiger partial charge >= 0.3 is 0 Å². The van der Waals surface area contributed by atoms with Crippen molar-refractivity contribution in [3.8, 4) is 0 Å². The number of piperidine rings is 1. The van der Waals surface area contributed by atoms with Crippen molar-refractivity contribution in [2.24, 2.45) is 0 Å². The first-order valence-corrected chi connectivity index (χ1v) is 6.38. The van der Waals surface area contributed by atoms with Crippen molar-refractivity contribution in [3.63, 3.8) is 0 Å². The van der Waals surface area contributed by atoms with Crippen LogP contribution in [-0.4, -0.2) is 28.9 Å². The van der Waals surface area contributed by atoms with E-state index >= 15 is 0 Å². The maximum atomic E-state index is 4.74. The van der Waals surface area contributed by atoms with Gasteiger partial charge in [0.25, 0.3) is 0 Å². The predicted octanol–water partition coefficient (Wildman–Crippen LogP) is 1.55. The Bertz CT molecular complexity index is 365. The van der Waals surface area contributed by atoms with Gasteiger partial charge in [0, 0.05) is 24.6 Å². The molecule has 4 nitrogen and oxygen atoms in total. The lowest BCUT2D eigenvalue weighted by Gasteiger charge is -2.21. The summed E-state index contributed by atoms with van der Waals surface area (Å²) in [6.07, 6.45) is 3.64. The van der Waals surface area contributed by atoms with Gasteiger partial charge in [-0.25, -0.2) is 4.68 Å². The van der Waals surface area contributed by atoms with Crippen molar-refractivity contribution < 1.29 is 0 Å². The standard InChI is InChI=1S/C12H20N4/c1-9-4-7-16-12(14-9)8-11(15-16)10-2-5-13-6-3-10/h8-10,13-14H,2-7H2,1H3. The van der Waals surface area contributed by atoms with Crippen LogP contribution in [0, 0.1) is 0 Å². The number of aromatic nitrogens is 2. The minimum atomic E-state index is 0.588. The van der Waals surface area contributed by atoms with Crippen molar-refractivity contribution in [2.45, 2.75) is 44.7 Å². The van der Waals surface area contributed by atoms with Crippen LogP contribution in [-0.2, 0) is 6.54 Å². The number of hydrogen-bond donors (Lipinski definition) is 2. The van der Waals surface area contributed by atoms with Crippen LogP contribution in [0.2, 0.25) is 0 Å². The SMILES string of the molecule is CC1CCn2nc(C3CCNCC3)cc2N1. The monoisotopic (exact) mass is 220 g/mol. The van der Waals surface area contributed by atoms with E-state index in [0.717, 1.165) is 19.6 Å². The molecule has 0 amide bonds. The van der Waals surface area contributed by atoms with Crippen LogP contribution >= 0.6 is 0 Å². The van der Waals surface area contributed by atoms with Gasteiger partial charge < -0.3 is 10.6 Å². The van der Waals surface area contributed by atoms with Crippen LogP contribution in [0.1, 0.15) is 37.8 Å². The molecule has 0 saturated carbocycles. The van der Waals surface area contributed by atoms with Gasteiger partial charge in [-0.3, -0.25) is 0 Å². The number of nitrogens with zero attached hydrogens (tertiary/aromatic N) is 2. The topological polar surface area (TPSA) is 41.9 Å². The number of anilines is 1. The Labute approximate surface area is 96.4 Å². The van der Waals surface area contributed by atoms with Gasteiger partial charge in [-0.05, 0) is 39.3 Å². The number of nitrogens with one attached hydrogen (secondary N) is 2. The van der Waals surface area contributed by atoms with Crippen LogP contribution in [0.4, 0.5) is 5.82 Å². The van der Waals surface area contributed by atoms with Gasteiger partial charge in [-0.2, -0.15) is 5.10 Å². The largest absolute Gasteiger partial charge is 0.368 e. The van der Waals surface area contributed by atoms with Crippen molar-refractivity contribution in [1.29, 1.82) is 0 Å². The van der Waals surface area contributed by atoms with Crippen LogP contribution < -0.4 is 10.6 Å². The summed E-state index contributed by atoms with van der Waals surface area (Å²) in [5.41, 5.74) is 1.29.